The number of hydrogen-bond acceptors (Lipinski definition) is 5. The smallest absolute Gasteiger partial charge is 0.341 e. The van der Waals surface area contributed by atoms with E-state index in [1.165, 1.54) is 6.20 Å². The summed E-state index contributed by atoms with van der Waals surface area (Å²) in [6.07, 6.45) is 3.15. The normalized spacial score (nSPS) is 21.4. The summed E-state index contributed by atoms with van der Waals surface area (Å²) in [5.41, 5.74) is -0.671. The lowest BCUT2D eigenvalue weighted by atomic mass is 9.82. The first-order valence-electron chi connectivity index (χ1n) is 9.61. The molecule has 7 nitrogen and oxygen atoms in total. The molecule has 1 saturated heterocycles. The van der Waals surface area contributed by atoms with Gasteiger partial charge in [0.1, 0.15) is 11.2 Å². The fourth-order valence-corrected chi connectivity index (χ4v) is 4.19. The molecule has 150 valence electrons. The molecule has 3 heterocycles. The standard InChI is InChI=1S/C20H25FN4O3/c1-20(2)10-24(8-11(20)7-22-3)18-15(21)6-13-16(26)14(19(27)28)9-25(12-4-5-12)17(13)23-18/h6,9,11-12,22H,4-5,7-8,10H2,1-3H3,(H,27,28). The Labute approximate surface area is 162 Å². The van der Waals surface area contributed by atoms with Crippen LogP contribution in [0.3, 0.4) is 0 Å². The number of hydrogen-bond donors (Lipinski definition) is 2. The Morgan fingerprint density at radius 3 is 2.75 bits per heavy atom. The first kappa shape index (κ1) is 18.9. The summed E-state index contributed by atoms with van der Waals surface area (Å²) in [6.45, 7) is 6.48. The second kappa shape index (κ2) is 6.55. The highest BCUT2D eigenvalue weighted by Gasteiger charge is 2.40. The van der Waals surface area contributed by atoms with E-state index in [4.69, 9.17) is 0 Å². The molecule has 0 radical (unpaired) electrons. The third-order valence-corrected chi connectivity index (χ3v) is 6.00. The first-order valence-corrected chi connectivity index (χ1v) is 9.61. The molecule has 0 amide bonds. The lowest BCUT2D eigenvalue weighted by molar-refractivity contribution is 0.0695. The Morgan fingerprint density at radius 1 is 1.43 bits per heavy atom. The summed E-state index contributed by atoms with van der Waals surface area (Å²) < 4.78 is 16.7. The van der Waals surface area contributed by atoms with Gasteiger partial charge in [-0.3, -0.25) is 4.79 Å². The zero-order valence-electron chi connectivity index (χ0n) is 16.3. The van der Waals surface area contributed by atoms with E-state index in [0.717, 1.165) is 25.5 Å². The molecule has 1 saturated carbocycles. The summed E-state index contributed by atoms with van der Waals surface area (Å²) in [5, 5.41) is 12.6. The molecule has 0 spiro atoms. The summed E-state index contributed by atoms with van der Waals surface area (Å²) in [5.74, 6) is -1.32. The SMILES string of the molecule is CNCC1CN(c2nc3c(cc2F)c(=O)c(C(=O)O)cn3C2CC2)CC1(C)C. The zero-order valence-corrected chi connectivity index (χ0v) is 16.3. The number of halogens is 1. The van der Waals surface area contributed by atoms with E-state index in [1.807, 2.05) is 11.9 Å². The summed E-state index contributed by atoms with van der Waals surface area (Å²) in [7, 11) is 1.90. The van der Waals surface area contributed by atoms with Crippen molar-refractivity contribution in [2.24, 2.45) is 11.3 Å². The predicted octanol–water partition coefficient (Wildman–Crippen LogP) is 2.25. The van der Waals surface area contributed by atoms with Crippen LogP contribution in [0.2, 0.25) is 0 Å². The van der Waals surface area contributed by atoms with Crippen LogP contribution < -0.4 is 15.6 Å². The van der Waals surface area contributed by atoms with Gasteiger partial charge in [0.2, 0.25) is 5.43 Å². The molecule has 0 bridgehead atoms. The van der Waals surface area contributed by atoms with Crippen molar-refractivity contribution in [2.75, 3.05) is 31.6 Å². The van der Waals surface area contributed by atoms with Gasteiger partial charge >= 0.3 is 5.97 Å². The molecule has 8 heteroatoms. The fourth-order valence-electron chi connectivity index (χ4n) is 4.19. The number of aromatic carboxylic acids is 1. The van der Waals surface area contributed by atoms with Gasteiger partial charge in [-0.1, -0.05) is 13.8 Å². The minimum absolute atomic E-state index is 0.00455. The van der Waals surface area contributed by atoms with E-state index in [9.17, 15) is 19.1 Å². The van der Waals surface area contributed by atoms with E-state index in [2.05, 4.69) is 24.1 Å². The van der Waals surface area contributed by atoms with Gasteiger partial charge in [-0.05, 0) is 43.8 Å². The van der Waals surface area contributed by atoms with E-state index in [1.54, 1.807) is 4.57 Å². The molecular formula is C20H25FN4O3. The fraction of sp³-hybridized carbons (Fsp3) is 0.550. The van der Waals surface area contributed by atoms with Crippen LogP contribution >= 0.6 is 0 Å². The van der Waals surface area contributed by atoms with Crippen molar-refractivity contribution < 1.29 is 14.3 Å². The number of carboxylic acids is 1. The monoisotopic (exact) mass is 388 g/mol. The number of fused-ring (bicyclic) bond motifs is 1. The molecule has 1 atom stereocenters. The highest BCUT2D eigenvalue weighted by Crippen LogP contribution is 2.40. The van der Waals surface area contributed by atoms with Crippen LogP contribution in [0.4, 0.5) is 10.2 Å². The van der Waals surface area contributed by atoms with Gasteiger partial charge in [0.05, 0.1) is 5.39 Å². The molecular weight excluding hydrogens is 363 g/mol. The third-order valence-electron chi connectivity index (χ3n) is 6.00. The summed E-state index contributed by atoms with van der Waals surface area (Å²) in [4.78, 5) is 30.5. The number of rotatable bonds is 5. The van der Waals surface area contributed by atoms with Crippen LogP contribution in [0.1, 0.15) is 43.1 Å². The average molecular weight is 388 g/mol. The molecule has 1 aliphatic heterocycles. The maximum Gasteiger partial charge on any atom is 0.341 e. The van der Waals surface area contributed by atoms with Crippen LogP contribution in [0.5, 0.6) is 0 Å². The van der Waals surface area contributed by atoms with Gasteiger partial charge < -0.3 is 19.9 Å². The molecule has 0 aromatic carbocycles. The van der Waals surface area contributed by atoms with Crippen LogP contribution in [0.25, 0.3) is 11.0 Å². The topological polar surface area (TPSA) is 87.5 Å². The van der Waals surface area contributed by atoms with Crippen molar-refractivity contribution in [1.82, 2.24) is 14.9 Å². The number of nitrogens with zero attached hydrogens (tertiary/aromatic N) is 3. The first-order chi connectivity index (χ1) is 13.2. The van der Waals surface area contributed by atoms with Gasteiger partial charge in [-0.2, -0.15) is 0 Å². The molecule has 1 unspecified atom stereocenters. The van der Waals surface area contributed by atoms with Gasteiger partial charge in [-0.15, -0.1) is 0 Å². The van der Waals surface area contributed by atoms with Crippen molar-refractivity contribution >= 4 is 22.8 Å². The van der Waals surface area contributed by atoms with E-state index < -0.39 is 17.2 Å². The van der Waals surface area contributed by atoms with Crippen LogP contribution in [0.15, 0.2) is 17.1 Å². The van der Waals surface area contributed by atoms with Crippen molar-refractivity contribution in [3.63, 3.8) is 0 Å². The Morgan fingerprint density at radius 2 is 2.14 bits per heavy atom. The van der Waals surface area contributed by atoms with Crippen molar-refractivity contribution in [2.45, 2.75) is 32.7 Å². The number of carboxylic acid groups (broad SMARTS) is 1. The molecule has 2 N–H and O–H groups in total. The Hall–Kier alpha value is -2.48. The minimum atomic E-state index is -1.30. The number of pyridine rings is 2. The second-order valence-corrected chi connectivity index (χ2v) is 8.60. The maximum absolute atomic E-state index is 15.0. The summed E-state index contributed by atoms with van der Waals surface area (Å²) >= 11 is 0. The highest BCUT2D eigenvalue weighted by atomic mass is 19.1. The number of carbonyl (C=O) groups is 1. The Kier molecular flexibility index (Phi) is 4.41. The average Bonchev–Trinajstić information content (AvgIpc) is 3.41. The molecule has 28 heavy (non-hydrogen) atoms. The molecule has 1 aliphatic carbocycles. The Bertz CT molecular complexity index is 1010. The quantitative estimate of drug-likeness (QED) is 0.817. The van der Waals surface area contributed by atoms with E-state index in [-0.39, 0.29) is 28.2 Å². The van der Waals surface area contributed by atoms with Gasteiger partial charge in [0.15, 0.2) is 11.6 Å². The molecule has 4 rings (SSSR count). The van der Waals surface area contributed by atoms with Crippen LogP contribution in [0, 0.1) is 17.2 Å². The van der Waals surface area contributed by atoms with Crippen molar-refractivity contribution in [3.8, 4) is 0 Å². The number of aromatic nitrogens is 2. The van der Waals surface area contributed by atoms with Gasteiger partial charge in [0.25, 0.3) is 0 Å². The maximum atomic E-state index is 15.0. The molecule has 2 aromatic heterocycles. The minimum Gasteiger partial charge on any atom is -0.477 e. The number of anilines is 1. The predicted molar refractivity (Wildman–Crippen MR) is 105 cm³/mol. The van der Waals surface area contributed by atoms with Crippen LogP contribution in [-0.2, 0) is 0 Å². The van der Waals surface area contributed by atoms with Gasteiger partial charge in [0, 0.05) is 25.3 Å². The van der Waals surface area contributed by atoms with Crippen molar-refractivity contribution in [3.05, 3.63) is 33.9 Å². The molecule has 2 aromatic rings. The lowest BCUT2D eigenvalue weighted by Gasteiger charge is -2.25. The van der Waals surface area contributed by atoms with E-state index >= 15 is 0 Å². The molecule has 2 aliphatic rings. The second-order valence-electron chi connectivity index (χ2n) is 8.60. The van der Waals surface area contributed by atoms with Gasteiger partial charge in [-0.25, -0.2) is 14.2 Å². The largest absolute Gasteiger partial charge is 0.477 e. The van der Waals surface area contributed by atoms with E-state index in [0.29, 0.717) is 24.7 Å². The highest BCUT2D eigenvalue weighted by molar-refractivity contribution is 5.92. The Balaban J connectivity index is 1.85. The van der Waals surface area contributed by atoms with Crippen LogP contribution in [-0.4, -0.2) is 47.3 Å². The lowest BCUT2D eigenvalue weighted by Crippen LogP contribution is -2.30. The third kappa shape index (κ3) is 3.05. The number of nitrogens with one attached hydrogen (secondary N) is 1. The zero-order chi connectivity index (χ0) is 20.2. The van der Waals surface area contributed by atoms with Crippen molar-refractivity contribution in [1.29, 1.82) is 0 Å². The summed E-state index contributed by atoms with van der Waals surface area (Å²) in [6, 6.07) is 1.27. The molecule has 2 fully saturated rings.